The van der Waals surface area contributed by atoms with Crippen LogP contribution in [0.3, 0.4) is 0 Å². The molecule has 0 bridgehead atoms. The van der Waals surface area contributed by atoms with E-state index >= 15 is 0 Å². The first-order chi connectivity index (χ1) is 10.5. The van der Waals surface area contributed by atoms with Gasteiger partial charge in [0.05, 0.1) is 6.54 Å². The van der Waals surface area contributed by atoms with Crippen molar-refractivity contribution in [2.45, 2.75) is 26.3 Å². The zero-order valence-corrected chi connectivity index (χ0v) is 14.2. The molecule has 118 valence electrons. The van der Waals surface area contributed by atoms with Crippen molar-refractivity contribution in [3.05, 3.63) is 56.6 Å². The molecule has 4 nitrogen and oxygen atoms in total. The van der Waals surface area contributed by atoms with Crippen LogP contribution in [-0.4, -0.2) is 23.1 Å². The molecule has 0 saturated carbocycles. The summed E-state index contributed by atoms with van der Waals surface area (Å²) in [4.78, 5) is 18.3. The fourth-order valence-electron chi connectivity index (χ4n) is 2.10. The molecule has 0 unspecified atom stereocenters. The lowest BCUT2D eigenvalue weighted by Crippen LogP contribution is -2.28. The number of benzene rings is 1. The van der Waals surface area contributed by atoms with Gasteiger partial charge in [0.1, 0.15) is 5.82 Å². The van der Waals surface area contributed by atoms with Gasteiger partial charge < -0.3 is 4.90 Å². The van der Waals surface area contributed by atoms with Gasteiger partial charge in [-0.25, -0.2) is 4.79 Å². The van der Waals surface area contributed by atoms with Crippen molar-refractivity contribution in [2.24, 2.45) is 0 Å². The number of hydrogen-bond acceptors (Lipinski definition) is 3. The highest BCUT2D eigenvalue weighted by Crippen LogP contribution is 2.21. The van der Waals surface area contributed by atoms with Crippen LogP contribution in [0.5, 0.6) is 0 Å². The maximum Gasteiger partial charge on any atom is 0.349 e. The van der Waals surface area contributed by atoms with Gasteiger partial charge in [0.15, 0.2) is 0 Å². The Morgan fingerprint density at radius 3 is 2.68 bits per heavy atom. The number of halogens is 2. The van der Waals surface area contributed by atoms with Gasteiger partial charge in [0.2, 0.25) is 0 Å². The standard InChI is InChI=1S/C16H19Cl2N3O/c1-3-4-8-20(2)15-7-9-21(16(22)19-15)11-12-5-6-13(17)10-14(12)18/h5-7,9-10H,3-4,8,11H2,1-2H3. The lowest BCUT2D eigenvalue weighted by atomic mass is 10.2. The minimum atomic E-state index is -0.285. The quantitative estimate of drug-likeness (QED) is 0.802. The minimum absolute atomic E-state index is 0.285. The summed E-state index contributed by atoms with van der Waals surface area (Å²) in [5.41, 5.74) is 0.550. The second kappa shape index (κ2) is 7.65. The largest absolute Gasteiger partial charge is 0.359 e. The molecule has 0 radical (unpaired) electrons. The molecule has 6 heteroatoms. The van der Waals surface area contributed by atoms with Gasteiger partial charge in [-0.3, -0.25) is 4.57 Å². The van der Waals surface area contributed by atoms with Crippen LogP contribution < -0.4 is 10.6 Å². The van der Waals surface area contributed by atoms with Gasteiger partial charge >= 0.3 is 5.69 Å². The van der Waals surface area contributed by atoms with E-state index in [2.05, 4.69) is 11.9 Å². The van der Waals surface area contributed by atoms with Crippen LogP contribution in [0.15, 0.2) is 35.3 Å². The first-order valence-corrected chi connectivity index (χ1v) is 7.99. The zero-order chi connectivity index (χ0) is 16.1. The summed E-state index contributed by atoms with van der Waals surface area (Å²) < 4.78 is 1.53. The average Bonchev–Trinajstić information content (AvgIpc) is 2.49. The van der Waals surface area contributed by atoms with Crippen LogP contribution in [0.25, 0.3) is 0 Å². The third-order valence-corrected chi connectivity index (χ3v) is 4.04. The van der Waals surface area contributed by atoms with E-state index in [4.69, 9.17) is 23.2 Å². The fourth-order valence-corrected chi connectivity index (χ4v) is 2.56. The Bertz CT molecular complexity index is 700. The third kappa shape index (κ3) is 4.24. The highest BCUT2D eigenvalue weighted by Gasteiger charge is 2.07. The lowest BCUT2D eigenvalue weighted by molar-refractivity contribution is 0.710. The highest BCUT2D eigenvalue weighted by molar-refractivity contribution is 6.35. The van der Waals surface area contributed by atoms with Gasteiger partial charge in [-0.2, -0.15) is 4.98 Å². The monoisotopic (exact) mass is 339 g/mol. The molecule has 0 spiro atoms. The summed E-state index contributed by atoms with van der Waals surface area (Å²) in [7, 11) is 1.94. The second-order valence-corrected chi connectivity index (χ2v) is 6.05. The van der Waals surface area contributed by atoms with Gasteiger partial charge in [0, 0.05) is 29.8 Å². The van der Waals surface area contributed by atoms with Crippen LogP contribution in [0.2, 0.25) is 10.0 Å². The molecule has 2 rings (SSSR count). The Labute approximate surface area is 140 Å². The Hall–Kier alpha value is -1.52. The van der Waals surface area contributed by atoms with E-state index in [9.17, 15) is 4.79 Å². The molecule has 0 saturated heterocycles. The summed E-state index contributed by atoms with van der Waals surface area (Å²) in [5.74, 6) is 0.692. The molecule has 0 atom stereocenters. The number of aromatic nitrogens is 2. The summed E-state index contributed by atoms with van der Waals surface area (Å²) in [5, 5.41) is 1.12. The molecular formula is C16H19Cl2N3O. The number of unbranched alkanes of at least 4 members (excludes halogenated alkanes) is 1. The van der Waals surface area contributed by atoms with Crippen molar-refractivity contribution < 1.29 is 0 Å². The van der Waals surface area contributed by atoms with E-state index < -0.39 is 0 Å². The van der Waals surface area contributed by atoms with Crippen LogP contribution in [0, 0.1) is 0 Å². The molecule has 0 aliphatic rings. The van der Waals surface area contributed by atoms with E-state index in [1.807, 2.05) is 24.1 Å². The minimum Gasteiger partial charge on any atom is -0.359 e. The molecule has 2 aromatic rings. The van der Waals surface area contributed by atoms with E-state index in [-0.39, 0.29) is 5.69 Å². The van der Waals surface area contributed by atoms with Crippen LogP contribution in [0.4, 0.5) is 5.82 Å². The van der Waals surface area contributed by atoms with Crippen molar-refractivity contribution >= 4 is 29.0 Å². The van der Waals surface area contributed by atoms with Crippen LogP contribution in [-0.2, 0) is 6.54 Å². The smallest absolute Gasteiger partial charge is 0.349 e. The fraction of sp³-hybridized carbons (Fsp3) is 0.375. The molecule has 1 aromatic carbocycles. The molecule has 0 amide bonds. The summed E-state index contributed by atoms with van der Waals surface area (Å²) in [6.45, 7) is 3.39. The SMILES string of the molecule is CCCCN(C)c1ccn(Cc2ccc(Cl)cc2Cl)c(=O)n1. The Balaban J connectivity index is 2.18. The highest BCUT2D eigenvalue weighted by atomic mass is 35.5. The maximum atomic E-state index is 12.2. The first kappa shape index (κ1) is 16.8. The average molecular weight is 340 g/mol. The molecule has 1 aromatic heterocycles. The lowest BCUT2D eigenvalue weighted by Gasteiger charge is -2.17. The first-order valence-electron chi connectivity index (χ1n) is 7.24. The topological polar surface area (TPSA) is 38.1 Å². The summed E-state index contributed by atoms with van der Waals surface area (Å²) in [6, 6.07) is 7.09. The molecule has 22 heavy (non-hydrogen) atoms. The maximum absolute atomic E-state index is 12.2. The van der Waals surface area contributed by atoms with Crippen molar-refractivity contribution in [2.75, 3.05) is 18.5 Å². The Morgan fingerprint density at radius 1 is 1.27 bits per heavy atom. The van der Waals surface area contributed by atoms with E-state index in [0.717, 1.165) is 24.9 Å². The number of hydrogen-bond donors (Lipinski definition) is 0. The summed E-state index contributed by atoms with van der Waals surface area (Å²) >= 11 is 12.0. The van der Waals surface area contributed by atoms with Crippen molar-refractivity contribution in [1.82, 2.24) is 9.55 Å². The molecule has 0 aliphatic heterocycles. The van der Waals surface area contributed by atoms with Crippen molar-refractivity contribution in [3.8, 4) is 0 Å². The van der Waals surface area contributed by atoms with Gasteiger partial charge in [-0.05, 0) is 30.2 Å². The molecule has 0 aliphatic carbocycles. The van der Waals surface area contributed by atoms with E-state index in [1.165, 1.54) is 4.57 Å². The number of nitrogens with zero attached hydrogens (tertiary/aromatic N) is 3. The van der Waals surface area contributed by atoms with Gasteiger partial charge in [-0.1, -0.05) is 42.6 Å². The van der Waals surface area contributed by atoms with E-state index in [0.29, 0.717) is 22.4 Å². The predicted octanol–water partition coefficient (Wildman–Crippen LogP) is 3.83. The second-order valence-electron chi connectivity index (χ2n) is 5.21. The number of rotatable bonds is 6. The van der Waals surface area contributed by atoms with Crippen LogP contribution in [0.1, 0.15) is 25.3 Å². The Morgan fingerprint density at radius 2 is 2.05 bits per heavy atom. The van der Waals surface area contributed by atoms with Crippen molar-refractivity contribution in [3.63, 3.8) is 0 Å². The molecule has 0 fully saturated rings. The Kier molecular flexibility index (Phi) is 5.86. The molecule has 0 N–H and O–H groups in total. The van der Waals surface area contributed by atoms with Crippen molar-refractivity contribution in [1.29, 1.82) is 0 Å². The molecule has 1 heterocycles. The predicted molar refractivity (Wildman–Crippen MR) is 92.2 cm³/mol. The molecular weight excluding hydrogens is 321 g/mol. The normalized spacial score (nSPS) is 10.7. The van der Waals surface area contributed by atoms with Gasteiger partial charge in [0.25, 0.3) is 0 Å². The van der Waals surface area contributed by atoms with Crippen LogP contribution >= 0.6 is 23.2 Å². The number of anilines is 1. The summed E-state index contributed by atoms with van der Waals surface area (Å²) in [6.07, 6.45) is 3.93. The third-order valence-electron chi connectivity index (χ3n) is 3.45. The van der Waals surface area contributed by atoms with Gasteiger partial charge in [-0.15, -0.1) is 0 Å². The zero-order valence-electron chi connectivity index (χ0n) is 12.7. The van der Waals surface area contributed by atoms with E-state index in [1.54, 1.807) is 18.3 Å².